The van der Waals surface area contributed by atoms with Crippen molar-refractivity contribution in [3.05, 3.63) is 35.4 Å². The summed E-state index contributed by atoms with van der Waals surface area (Å²) in [5.74, 6) is -2.79. The van der Waals surface area contributed by atoms with Crippen molar-refractivity contribution >= 4 is 0 Å². The summed E-state index contributed by atoms with van der Waals surface area (Å²) in [6.45, 7) is 1.84. The number of aryl methyl sites for hydroxylation is 1. The number of benzene rings is 1. The third kappa shape index (κ3) is 1.63. The molecule has 0 radical (unpaired) electrons. The van der Waals surface area contributed by atoms with Crippen LogP contribution in [0.15, 0.2) is 24.3 Å². The molecule has 0 amide bonds. The van der Waals surface area contributed by atoms with E-state index in [1.807, 2.05) is 19.1 Å². The number of halogens is 2. The van der Waals surface area contributed by atoms with Crippen LogP contribution in [-0.4, -0.2) is 5.92 Å². The molecule has 3 heteroatoms. The van der Waals surface area contributed by atoms with E-state index in [1.54, 1.807) is 12.1 Å². The Labute approximate surface area is 94.7 Å². The van der Waals surface area contributed by atoms with Crippen LogP contribution in [0.4, 0.5) is 8.78 Å². The van der Waals surface area contributed by atoms with E-state index in [-0.39, 0.29) is 6.42 Å². The molecule has 1 fully saturated rings. The van der Waals surface area contributed by atoms with Crippen LogP contribution in [0.1, 0.15) is 36.8 Å². The molecule has 1 saturated carbocycles. The highest BCUT2D eigenvalue weighted by molar-refractivity contribution is 5.35. The lowest BCUT2D eigenvalue weighted by Crippen LogP contribution is -2.55. The Balaban J connectivity index is 2.48. The Morgan fingerprint density at radius 2 is 1.75 bits per heavy atom. The molecule has 0 saturated heterocycles. The van der Waals surface area contributed by atoms with E-state index in [0.717, 1.165) is 12.0 Å². The van der Waals surface area contributed by atoms with E-state index in [9.17, 15) is 8.78 Å². The topological polar surface area (TPSA) is 26.0 Å². The first kappa shape index (κ1) is 11.5. The Morgan fingerprint density at radius 3 is 2.38 bits per heavy atom. The highest BCUT2D eigenvalue weighted by atomic mass is 19.3. The summed E-state index contributed by atoms with van der Waals surface area (Å²) in [4.78, 5) is 0. The van der Waals surface area contributed by atoms with Crippen LogP contribution >= 0.6 is 0 Å². The zero-order valence-electron chi connectivity index (χ0n) is 9.47. The first-order valence-electron chi connectivity index (χ1n) is 5.70. The molecule has 0 aromatic heterocycles. The van der Waals surface area contributed by atoms with E-state index in [1.165, 1.54) is 0 Å². The Hall–Kier alpha value is -0.960. The average Bonchev–Trinajstić information content (AvgIpc) is 2.23. The average molecular weight is 225 g/mol. The number of alkyl halides is 2. The molecule has 88 valence electrons. The van der Waals surface area contributed by atoms with Gasteiger partial charge in [0.25, 0.3) is 5.92 Å². The van der Waals surface area contributed by atoms with E-state index in [2.05, 4.69) is 0 Å². The molecular formula is C13H17F2N. The number of hydrogen-bond acceptors (Lipinski definition) is 1. The molecule has 2 rings (SSSR count). The van der Waals surface area contributed by atoms with Gasteiger partial charge in [0.2, 0.25) is 0 Å². The van der Waals surface area contributed by atoms with Crippen LogP contribution in [0.2, 0.25) is 0 Å². The molecule has 1 aromatic carbocycles. The summed E-state index contributed by atoms with van der Waals surface area (Å²) in [5.41, 5.74) is 5.98. The lowest BCUT2D eigenvalue weighted by atomic mass is 9.73. The van der Waals surface area contributed by atoms with Crippen molar-refractivity contribution in [3.8, 4) is 0 Å². The second-order valence-electron chi connectivity index (χ2n) is 4.70. The molecule has 2 N–H and O–H groups in total. The zero-order valence-corrected chi connectivity index (χ0v) is 9.47. The second-order valence-corrected chi connectivity index (χ2v) is 4.70. The predicted octanol–water partition coefficient (Wildman–Crippen LogP) is 3.36. The van der Waals surface area contributed by atoms with Crippen molar-refractivity contribution < 1.29 is 8.78 Å². The fourth-order valence-corrected chi connectivity index (χ4v) is 2.56. The van der Waals surface area contributed by atoms with Gasteiger partial charge in [-0.05, 0) is 30.9 Å². The van der Waals surface area contributed by atoms with Gasteiger partial charge in [-0.15, -0.1) is 0 Å². The molecular weight excluding hydrogens is 208 g/mol. The standard InChI is InChI=1S/C13H17F2N/c1-10-6-2-3-7-11(10)12(16)8-4-5-9-13(12,14)15/h2-3,6-7H,4-5,8-9,16H2,1H3/t12-/m1/s1. The fourth-order valence-electron chi connectivity index (χ4n) is 2.56. The lowest BCUT2D eigenvalue weighted by Gasteiger charge is -2.42. The first-order valence-corrected chi connectivity index (χ1v) is 5.70. The fraction of sp³-hybridized carbons (Fsp3) is 0.538. The summed E-state index contributed by atoms with van der Waals surface area (Å²) >= 11 is 0. The third-order valence-electron chi connectivity index (χ3n) is 3.59. The molecule has 1 aliphatic carbocycles. The predicted molar refractivity (Wildman–Crippen MR) is 60.5 cm³/mol. The van der Waals surface area contributed by atoms with E-state index < -0.39 is 11.5 Å². The highest BCUT2D eigenvalue weighted by Crippen LogP contribution is 2.46. The maximum absolute atomic E-state index is 14.0. The van der Waals surface area contributed by atoms with Gasteiger partial charge in [-0.25, -0.2) is 8.78 Å². The van der Waals surface area contributed by atoms with Crippen LogP contribution in [0.25, 0.3) is 0 Å². The minimum absolute atomic E-state index is 0.0994. The van der Waals surface area contributed by atoms with Crippen LogP contribution in [0.3, 0.4) is 0 Å². The maximum atomic E-state index is 14.0. The molecule has 0 spiro atoms. The molecule has 0 aliphatic heterocycles. The van der Waals surface area contributed by atoms with Gasteiger partial charge in [-0.3, -0.25) is 0 Å². The molecule has 1 atom stereocenters. The Kier molecular flexibility index (Phi) is 2.74. The Morgan fingerprint density at radius 1 is 1.12 bits per heavy atom. The zero-order chi connectivity index (χ0) is 11.8. The van der Waals surface area contributed by atoms with Gasteiger partial charge in [0.05, 0.1) is 0 Å². The third-order valence-corrected chi connectivity index (χ3v) is 3.59. The van der Waals surface area contributed by atoms with Crippen LogP contribution < -0.4 is 5.73 Å². The van der Waals surface area contributed by atoms with Gasteiger partial charge >= 0.3 is 0 Å². The molecule has 0 heterocycles. The molecule has 1 aromatic rings. The summed E-state index contributed by atoms with van der Waals surface area (Å²) in [7, 11) is 0. The number of nitrogens with two attached hydrogens (primary N) is 1. The lowest BCUT2D eigenvalue weighted by molar-refractivity contribution is -0.105. The largest absolute Gasteiger partial charge is 0.316 e. The summed E-state index contributed by atoms with van der Waals surface area (Å²) < 4.78 is 28.0. The quantitative estimate of drug-likeness (QED) is 0.779. The van der Waals surface area contributed by atoms with E-state index >= 15 is 0 Å². The first-order chi connectivity index (χ1) is 7.47. The molecule has 1 nitrogen and oxygen atoms in total. The number of rotatable bonds is 1. The highest BCUT2D eigenvalue weighted by Gasteiger charge is 2.53. The minimum Gasteiger partial charge on any atom is -0.316 e. The van der Waals surface area contributed by atoms with Crippen molar-refractivity contribution in [1.82, 2.24) is 0 Å². The minimum atomic E-state index is -2.79. The van der Waals surface area contributed by atoms with E-state index in [4.69, 9.17) is 5.73 Å². The van der Waals surface area contributed by atoms with Gasteiger partial charge in [-0.2, -0.15) is 0 Å². The van der Waals surface area contributed by atoms with Gasteiger partial charge in [-0.1, -0.05) is 30.7 Å². The maximum Gasteiger partial charge on any atom is 0.269 e. The van der Waals surface area contributed by atoms with Crippen molar-refractivity contribution in [3.63, 3.8) is 0 Å². The summed E-state index contributed by atoms with van der Waals surface area (Å²) in [6, 6.07) is 7.20. The molecule has 1 aliphatic rings. The summed E-state index contributed by atoms with van der Waals surface area (Å²) in [5, 5.41) is 0. The number of hydrogen-bond donors (Lipinski definition) is 1. The monoisotopic (exact) mass is 225 g/mol. The van der Waals surface area contributed by atoms with Gasteiger partial charge in [0.1, 0.15) is 5.54 Å². The van der Waals surface area contributed by atoms with E-state index in [0.29, 0.717) is 18.4 Å². The Bertz CT molecular complexity index is 389. The van der Waals surface area contributed by atoms with Crippen molar-refractivity contribution in [2.45, 2.75) is 44.1 Å². The van der Waals surface area contributed by atoms with Gasteiger partial charge < -0.3 is 5.73 Å². The SMILES string of the molecule is Cc1ccccc1[C@]1(N)CCCCC1(F)F. The van der Waals surface area contributed by atoms with Crippen molar-refractivity contribution in [2.75, 3.05) is 0 Å². The normalized spacial score (nSPS) is 29.0. The van der Waals surface area contributed by atoms with Crippen LogP contribution in [-0.2, 0) is 5.54 Å². The summed E-state index contributed by atoms with van der Waals surface area (Å²) in [6.07, 6.45) is 1.61. The van der Waals surface area contributed by atoms with Crippen molar-refractivity contribution in [2.24, 2.45) is 5.73 Å². The molecule has 0 bridgehead atoms. The smallest absolute Gasteiger partial charge is 0.269 e. The van der Waals surface area contributed by atoms with Gasteiger partial charge in [0, 0.05) is 6.42 Å². The van der Waals surface area contributed by atoms with Gasteiger partial charge in [0.15, 0.2) is 0 Å². The van der Waals surface area contributed by atoms with Crippen LogP contribution in [0, 0.1) is 6.92 Å². The second kappa shape index (κ2) is 3.81. The van der Waals surface area contributed by atoms with Crippen LogP contribution in [0.5, 0.6) is 0 Å². The van der Waals surface area contributed by atoms with Crippen molar-refractivity contribution in [1.29, 1.82) is 0 Å². The molecule has 0 unspecified atom stereocenters. The molecule has 16 heavy (non-hydrogen) atoms.